The fourth-order valence-corrected chi connectivity index (χ4v) is 4.22. The van der Waals surface area contributed by atoms with Gasteiger partial charge in [-0.05, 0) is 44.0 Å². The van der Waals surface area contributed by atoms with Gasteiger partial charge in [0.25, 0.3) is 0 Å². The zero-order valence-electron chi connectivity index (χ0n) is 17.9. The smallest absolute Gasteiger partial charge is 0.222 e. The first-order valence-electron chi connectivity index (χ1n) is 10.7. The molecule has 0 atom stereocenters. The van der Waals surface area contributed by atoms with Crippen LogP contribution in [0.5, 0.6) is 0 Å². The van der Waals surface area contributed by atoms with Gasteiger partial charge in [0.1, 0.15) is 5.65 Å². The summed E-state index contributed by atoms with van der Waals surface area (Å²) in [6, 6.07) is 22.0. The number of pyridine rings is 1. The maximum Gasteiger partial charge on any atom is 0.222 e. The molecule has 0 fully saturated rings. The molecule has 0 saturated heterocycles. The molecule has 5 heteroatoms. The molecule has 2 aromatic heterocycles. The van der Waals surface area contributed by atoms with Gasteiger partial charge in [-0.15, -0.1) is 0 Å². The van der Waals surface area contributed by atoms with E-state index in [2.05, 4.69) is 22.7 Å². The normalized spacial score (nSPS) is 11.1. The third-order valence-corrected chi connectivity index (χ3v) is 5.97. The number of carbonyl (C=O) groups excluding carboxylic acids is 1. The molecule has 4 nitrogen and oxygen atoms in total. The Hall–Kier alpha value is -3.11. The van der Waals surface area contributed by atoms with Crippen LogP contribution < -0.4 is 0 Å². The molecule has 0 aliphatic carbocycles. The van der Waals surface area contributed by atoms with Gasteiger partial charge in [0.15, 0.2) is 0 Å². The summed E-state index contributed by atoms with van der Waals surface area (Å²) < 4.78 is 2.11. The molecule has 4 rings (SSSR count). The van der Waals surface area contributed by atoms with Crippen LogP contribution >= 0.6 is 11.6 Å². The number of fused-ring (bicyclic) bond motifs is 1. The van der Waals surface area contributed by atoms with Crippen LogP contribution in [0.25, 0.3) is 28.0 Å². The number of rotatable bonds is 7. The van der Waals surface area contributed by atoms with Gasteiger partial charge in [0, 0.05) is 41.9 Å². The minimum atomic E-state index is 0.168. The predicted molar refractivity (Wildman–Crippen MR) is 127 cm³/mol. The number of hydrogen-bond donors (Lipinski definition) is 0. The second-order valence-electron chi connectivity index (χ2n) is 7.46. The molecule has 0 spiro atoms. The molecule has 0 aliphatic rings. The van der Waals surface area contributed by atoms with Crippen molar-refractivity contribution in [1.29, 1.82) is 0 Å². The van der Waals surface area contributed by atoms with Crippen LogP contribution in [0.2, 0.25) is 5.02 Å². The Morgan fingerprint density at radius 1 is 0.935 bits per heavy atom. The lowest BCUT2D eigenvalue weighted by atomic mass is 10.1. The SMILES string of the molecule is CCN(CC)C(=O)CCc1c(-c2ccccc2)nc2ccc(-c3ccccc3Cl)cn12. The summed E-state index contributed by atoms with van der Waals surface area (Å²) in [5.41, 5.74) is 5.87. The quantitative estimate of drug-likeness (QED) is 0.353. The second-order valence-corrected chi connectivity index (χ2v) is 7.87. The van der Waals surface area contributed by atoms with Crippen molar-refractivity contribution in [3.05, 3.63) is 83.6 Å². The Balaban J connectivity index is 1.80. The van der Waals surface area contributed by atoms with Crippen LogP contribution in [0.3, 0.4) is 0 Å². The second kappa shape index (κ2) is 9.36. The average molecular weight is 432 g/mol. The molecular weight excluding hydrogens is 406 g/mol. The van der Waals surface area contributed by atoms with Gasteiger partial charge in [0.2, 0.25) is 5.91 Å². The topological polar surface area (TPSA) is 37.6 Å². The molecule has 2 aromatic carbocycles. The van der Waals surface area contributed by atoms with E-state index in [4.69, 9.17) is 16.6 Å². The lowest BCUT2D eigenvalue weighted by Gasteiger charge is -2.18. The standard InChI is InChI=1S/C26H26ClN3O/c1-3-29(4-2)25(31)17-15-23-26(19-10-6-5-7-11-19)28-24-16-14-20(18-30(23)24)21-12-8-9-13-22(21)27/h5-14,16,18H,3-4,15,17H2,1-2H3. The number of amides is 1. The van der Waals surface area contributed by atoms with Crippen LogP contribution in [-0.2, 0) is 11.2 Å². The summed E-state index contributed by atoms with van der Waals surface area (Å²) in [5, 5.41) is 0.712. The maximum absolute atomic E-state index is 12.7. The Bertz CT molecular complexity index is 1200. The first-order chi connectivity index (χ1) is 15.1. The minimum Gasteiger partial charge on any atom is -0.343 e. The molecule has 0 aliphatic heterocycles. The highest BCUT2D eigenvalue weighted by molar-refractivity contribution is 6.33. The highest BCUT2D eigenvalue weighted by Crippen LogP contribution is 2.31. The zero-order valence-corrected chi connectivity index (χ0v) is 18.6. The summed E-state index contributed by atoms with van der Waals surface area (Å²) in [5.74, 6) is 0.168. The third-order valence-electron chi connectivity index (χ3n) is 5.64. The Kier molecular flexibility index (Phi) is 6.38. The molecule has 31 heavy (non-hydrogen) atoms. The summed E-state index contributed by atoms with van der Waals surface area (Å²) in [4.78, 5) is 19.5. The number of hydrogen-bond acceptors (Lipinski definition) is 2. The van der Waals surface area contributed by atoms with Crippen molar-refractivity contribution in [1.82, 2.24) is 14.3 Å². The molecular formula is C26H26ClN3O. The van der Waals surface area contributed by atoms with Gasteiger partial charge in [-0.25, -0.2) is 4.98 Å². The predicted octanol–water partition coefficient (Wildman–Crippen LogP) is 6.12. The van der Waals surface area contributed by atoms with Crippen molar-refractivity contribution in [3.63, 3.8) is 0 Å². The van der Waals surface area contributed by atoms with E-state index in [-0.39, 0.29) is 5.91 Å². The van der Waals surface area contributed by atoms with Gasteiger partial charge in [-0.3, -0.25) is 4.79 Å². The number of aryl methyl sites for hydroxylation is 1. The Labute approximate surface area is 188 Å². The van der Waals surface area contributed by atoms with Crippen molar-refractivity contribution in [2.45, 2.75) is 26.7 Å². The Morgan fingerprint density at radius 2 is 1.65 bits per heavy atom. The van der Waals surface area contributed by atoms with Crippen LogP contribution in [0.4, 0.5) is 0 Å². The van der Waals surface area contributed by atoms with E-state index in [1.165, 1.54) is 0 Å². The van der Waals surface area contributed by atoms with E-state index >= 15 is 0 Å². The molecule has 4 aromatic rings. The number of halogens is 1. The first-order valence-corrected chi connectivity index (χ1v) is 11.1. The largest absolute Gasteiger partial charge is 0.343 e. The summed E-state index contributed by atoms with van der Waals surface area (Å²) in [6.07, 6.45) is 3.14. The Morgan fingerprint density at radius 3 is 2.35 bits per heavy atom. The van der Waals surface area contributed by atoms with Crippen LogP contribution in [0.15, 0.2) is 72.9 Å². The highest BCUT2D eigenvalue weighted by Gasteiger charge is 2.18. The van der Waals surface area contributed by atoms with Gasteiger partial charge in [-0.1, -0.05) is 60.1 Å². The number of imidazole rings is 1. The van der Waals surface area contributed by atoms with Gasteiger partial charge >= 0.3 is 0 Å². The maximum atomic E-state index is 12.7. The summed E-state index contributed by atoms with van der Waals surface area (Å²) in [7, 11) is 0. The summed E-state index contributed by atoms with van der Waals surface area (Å²) >= 11 is 6.45. The number of aromatic nitrogens is 2. The molecule has 0 N–H and O–H groups in total. The number of benzene rings is 2. The van der Waals surface area contributed by atoms with Crippen molar-refractivity contribution < 1.29 is 4.79 Å². The monoisotopic (exact) mass is 431 g/mol. The van der Waals surface area contributed by atoms with Gasteiger partial charge in [-0.2, -0.15) is 0 Å². The van der Waals surface area contributed by atoms with E-state index < -0.39 is 0 Å². The fourth-order valence-electron chi connectivity index (χ4n) is 3.97. The molecule has 0 saturated carbocycles. The van der Waals surface area contributed by atoms with Crippen molar-refractivity contribution in [2.24, 2.45) is 0 Å². The van der Waals surface area contributed by atoms with Crippen molar-refractivity contribution in [3.8, 4) is 22.4 Å². The fraction of sp³-hybridized carbons (Fsp3) is 0.231. The lowest BCUT2D eigenvalue weighted by Crippen LogP contribution is -2.30. The van der Waals surface area contributed by atoms with E-state index in [9.17, 15) is 4.79 Å². The van der Waals surface area contributed by atoms with E-state index in [1.54, 1.807) is 0 Å². The minimum absolute atomic E-state index is 0.168. The van der Waals surface area contributed by atoms with E-state index in [1.807, 2.05) is 73.3 Å². The van der Waals surface area contributed by atoms with Gasteiger partial charge in [0.05, 0.1) is 11.4 Å². The van der Waals surface area contributed by atoms with Crippen molar-refractivity contribution >= 4 is 23.2 Å². The number of carbonyl (C=O) groups is 1. The molecule has 0 unspecified atom stereocenters. The number of nitrogens with zero attached hydrogens (tertiary/aromatic N) is 3. The van der Waals surface area contributed by atoms with Crippen molar-refractivity contribution in [2.75, 3.05) is 13.1 Å². The van der Waals surface area contributed by atoms with Crippen LogP contribution in [-0.4, -0.2) is 33.3 Å². The summed E-state index contributed by atoms with van der Waals surface area (Å²) in [6.45, 7) is 5.48. The van der Waals surface area contributed by atoms with Crippen LogP contribution in [0.1, 0.15) is 26.0 Å². The average Bonchev–Trinajstić information content (AvgIpc) is 3.17. The van der Waals surface area contributed by atoms with Gasteiger partial charge < -0.3 is 9.30 Å². The third kappa shape index (κ3) is 4.35. The molecule has 1 amide bonds. The molecule has 2 heterocycles. The molecule has 0 bridgehead atoms. The highest BCUT2D eigenvalue weighted by atomic mass is 35.5. The van der Waals surface area contributed by atoms with Crippen LogP contribution in [0, 0.1) is 0 Å². The zero-order chi connectivity index (χ0) is 21.8. The van der Waals surface area contributed by atoms with E-state index in [0.717, 1.165) is 46.8 Å². The lowest BCUT2D eigenvalue weighted by molar-refractivity contribution is -0.130. The molecule has 158 valence electrons. The van der Waals surface area contributed by atoms with E-state index in [0.29, 0.717) is 17.9 Å². The first kappa shape index (κ1) is 21.1. The molecule has 0 radical (unpaired) electrons.